The Morgan fingerprint density at radius 2 is 1.96 bits per heavy atom. The zero-order valence-electron chi connectivity index (χ0n) is 16.4. The highest BCUT2D eigenvalue weighted by Gasteiger charge is 2.31. The number of aromatic nitrogens is 1. The lowest BCUT2D eigenvalue weighted by Crippen LogP contribution is -2.50. The molecule has 2 aliphatic rings. The molecule has 0 bridgehead atoms. The summed E-state index contributed by atoms with van der Waals surface area (Å²) in [5, 5.41) is 3.04. The second-order valence-corrected chi connectivity index (χ2v) is 7.99. The Hall–Kier alpha value is -2.18. The van der Waals surface area contributed by atoms with Gasteiger partial charge in [-0.15, -0.1) is 0 Å². The number of pyridine rings is 1. The van der Waals surface area contributed by atoms with Crippen LogP contribution >= 0.6 is 0 Å². The van der Waals surface area contributed by atoms with E-state index in [-0.39, 0.29) is 11.8 Å². The van der Waals surface area contributed by atoms with Crippen molar-refractivity contribution in [2.45, 2.75) is 44.8 Å². The van der Waals surface area contributed by atoms with E-state index in [0.717, 1.165) is 51.3 Å². The topological polar surface area (TPSA) is 61.6 Å². The predicted octanol–water partition coefficient (Wildman–Crippen LogP) is 2.67. The molecular formula is C22H30N4O2. The van der Waals surface area contributed by atoms with Crippen LogP contribution in [0.4, 0.5) is 0 Å². The van der Waals surface area contributed by atoms with Crippen LogP contribution in [0.3, 0.4) is 0 Å². The molecule has 6 heteroatoms. The Morgan fingerprint density at radius 3 is 2.71 bits per heavy atom. The average Bonchev–Trinajstić information content (AvgIpc) is 3.27. The van der Waals surface area contributed by atoms with Gasteiger partial charge in [0.2, 0.25) is 5.91 Å². The maximum Gasteiger partial charge on any atom is 0.224 e. The predicted molar refractivity (Wildman–Crippen MR) is 107 cm³/mol. The lowest BCUT2D eigenvalue weighted by atomic mass is 9.93. The van der Waals surface area contributed by atoms with Crippen molar-refractivity contribution < 1.29 is 9.21 Å². The molecule has 2 aromatic heterocycles. The number of likely N-dealkylation sites (tertiary alicyclic amines) is 2. The van der Waals surface area contributed by atoms with Crippen molar-refractivity contribution in [2.24, 2.45) is 5.92 Å². The monoisotopic (exact) mass is 382 g/mol. The van der Waals surface area contributed by atoms with E-state index in [2.05, 4.69) is 32.2 Å². The fraction of sp³-hybridized carbons (Fsp3) is 0.545. The van der Waals surface area contributed by atoms with Gasteiger partial charge in [-0.1, -0.05) is 0 Å². The van der Waals surface area contributed by atoms with Crippen LogP contribution in [-0.2, 0) is 17.9 Å². The third-order valence-corrected chi connectivity index (χ3v) is 6.07. The van der Waals surface area contributed by atoms with E-state index >= 15 is 0 Å². The number of carbonyl (C=O) groups is 1. The molecule has 2 aromatic rings. The fourth-order valence-corrected chi connectivity index (χ4v) is 4.47. The molecule has 1 amide bonds. The summed E-state index contributed by atoms with van der Waals surface area (Å²) in [5.74, 6) is 1.07. The molecule has 4 rings (SSSR count). The summed E-state index contributed by atoms with van der Waals surface area (Å²) in [4.78, 5) is 21.8. The van der Waals surface area contributed by atoms with Crippen molar-refractivity contribution in [3.8, 4) is 0 Å². The van der Waals surface area contributed by atoms with Gasteiger partial charge in [0, 0.05) is 31.5 Å². The summed E-state index contributed by atoms with van der Waals surface area (Å²) < 4.78 is 5.31. The van der Waals surface area contributed by atoms with Crippen LogP contribution < -0.4 is 5.32 Å². The first-order valence-electron chi connectivity index (χ1n) is 10.4. The molecule has 0 unspecified atom stereocenters. The van der Waals surface area contributed by atoms with E-state index in [4.69, 9.17) is 4.42 Å². The zero-order chi connectivity index (χ0) is 19.2. The summed E-state index contributed by atoms with van der Waals surface area (Å²) in [6, 6.07) is 8.55. The van der Waals surface area contributed by atoms with Crippen LogP contribution in [0.2, 0.25) is 0 Å². The number of amides is 1. The Kier molecular flexibility index (Phi) is 6.39. The van der Waals surface area contributed by atoms with Gasteiger partial charge < -0.3 is 9.73 Å². The summed E-state index contributed by atoms with van der Waals surface area (Å²) >= 11 is 0. The van der Waals surface area contributed by atoms with E-state index in [9.17, 15) is 4.79 Å². The van der Waals surface area contributed by atoms with Gasteiger partial charge in [-0.2, -0.15) is 0 Å². The lowest BCUT2D eigenvalue weighted by Gasteiger charge is -2.42. The number of nitrogens with one attached hydrogen (secondary N) is 1. The van der Waals surface area contributed by atoms with Crippen LogP contribution in [0.5, 0.6) is 0 Å². The van der Waals surface area contributed by atoms with E-state index in [1.54, 1.807) is 6.26 Å². The van der Waals surface area contributed by atoms with E-state index in [0.29, 0.717) is 12.6 Å². The summed E-state index contributed by atoms with van der Waals surface area (Å²) in [7, 11) is 0. The van der Waals surface area contributed by atoms with Crippen molar-refractivity contribution in [1.29, 1.82) is 0 Å². The Balaban J connectivity index is 1.23. The van der Waals surface area contributed by atoms with Crippen LogP contribution in [0.15, 0.2) is 47.3 Å². The molecule has 1 N–H and O–H groups in total. The SMILES string of the molecule is O=C(NCc1ccco1)[C@H]1CCCN(C2CCN(Cc3ccncc3)CC2)C1. The van der Waals surface area contributed by atoms with E-state index in [1.807, 2.05) is 24.5 Å². The first-order chi connectivity index (χ1) is 13.8. The first-order valence-corrected chi connectivity index (χ1v) is 10.4. The molecule has 150 valence electrons. The number of piperidine rings is 2. The molecule has 2 fully saturated rings. The normalized spacial score (nSPS) is 22.2. The summed E-state index contributed by atoms with van der Waals surface area (Å²) in [6.07, 6.45) is 9.85. The fourth-order valence-electron chi connectivity index (χ4n) is 4.47. The molecule has 28 heavy (non-hydrogen) atoms. The second-order valence-electron chi connectivity index (χ2n) is 7.99. The zero-order valence-corrected chi connectivity index (χ0v) is 16.4. The Labute approximate surface area is 166 Å². The van der Waals surface area contributed by atoms with Gasteiger partial charge in [0.15, 0.2) is 0 Å². The van der Waals surface area contributed by atoms with E-state index < -0.39 is 0 Å². The summed E-state index contributed by atoms with van der Waals surface area (Å²) in [5.41, 5.74) is 1.33. The minimum Gasteiger partial charge on any atom is -0.467 e. The smallest absolute Gasteiger partial charge is 0.224 e. The third kappa shape index (κ3) is 5.00. The van der Waals surface area contributed by atoms with E-state index in [1.165, 1.54) is 18.4 Å². The molecule has 6 nitrogen and oxygen atoms in total. The highest BCUT2D eigenvalue weighted by atomic mass is 16.3. The minimum atomic E-state index is 0.0959. The van der Waals surface area contributed by atoms with Gasteiger partial charge >= 0.3 is 0 Å². The van der Waals surface area contributed by atoms with Crippen molar-refractivity contribution in [2.75, 3.05) is 26.2 Å². The molecule has 0 saturated carbocycles. The lowest BCUT2D eigenvalue weighted by molar-refractivity contribution is -0.127. The van der Waals surface area contributed by atoms with Gasteiger partial charge in [0.25, 0.3) is 0 Å². The van der Waals surface area contributed by atoms with Crippen LogP contribution in [0.25, 0.3) is 0 Å². The molecule has 0 aromatic carbocycles. The van der Waals surface area contributed by atoms with Crippen LogP contribution in [0.1, 0.15) is 37.0 Å². The maximum atomic E-state index is 12.6. The molecule has 0 aliphatic carbocycles. The van der Waals surface area contributed by atoms with Crippen molar-refractivity contribution in [1.82, 2.24) is 20.1 Å². The molecule has 0 radical (unpaired) electrons. The molecule has 2 saturated heterocycles. The van der Waals surface area contributed by atoms with Crippen LogP contribution in [-0.4, -0.2) is 52.9 Å². The Morgan fingerprint density at radius 1 is 1.14 bits per heavy atom. The van der Waals surface area contributed by atoms with Gasteiger partial charge in [0.05, 0.1) is 18.7 Å². The van der Waals surface area contributed by atoms with Gasteiger partial charge in [-0.3, -0.25) is 19.6 Å². The van der Waals surface area contributed by atoms with Crippen molar-refractivity contribution >= 4 is 5.91 Å². The minimum absolute atomic E-state index is 0.0959. The molecule has 1 atom stereocenters. The van der Waals surface area contributed by atoms with Gasteiger partial charge in [-0.25, -0.2) is 0 Å². The largest absolute Gasteiger partial charge is 0.467 e. The molecule has 4 heterocycles. The number of hydrogen-bond acceptors (Lipinski definition) is 5. The number of nitrogens with zero attached hydrogens (tertiary/aromatic N) is 3. The van der Waals surface area contributed by atoms with Crippen molar-refractivity contribution in [3.05, 3.63) is 54.2 Å². The quantitative estimate of drug-likeness (QED) is 0.832. The average molecular weight is 383 g/mol. The molecule has 2 aliphatic heterocycles. The van der Waals surface area contributed by atoms with Crippen LogP contribution in [0, 0.1) is 5.92 Å². The number of carbonyl (C=O) groups excluding carboxylic acids is 1. The van der Waals surface area contributed by atoms with Gasteiger partial charge in [-0.05, 0) is 75.1 Å². The molecular weight excluding hydrogens is 352 g/mol. The Bertz CT molecular complexity index is 726. The highest BCUT2D eigenvalue weighted by molar-refractivity contribution is 5.78. The number of furan rings is 1. The van der Waals surface area contributed by atoms with Gasteiger partial charge in [0.1, 0.15) is 5.76 Å². The number of hydrogen-bond donors (Lipinski definition) is 1. The number of rotatable bonds is 6. The van der Waals surface area contributed by atoms with Crippen molar-refractivity contribution in [3.63, 3.8) is 0 Å². The maximum absolute atomic E-state index is 12.6. The molecule has 0 spiro atoms. The summed E-state index contributed by atoms with van der Waals surface area (Å²) in [6.45, 7) is 5.75. The standard InChI is InChI=1S/C22H30N4O2/c27-22(24-15-21-4-2-14-28-21)19-3-1-11-26(17-19)20-7-12-25(13-8-20)16-18-5-9-23-10-6-18/h2,4-6,9-10,14,19-20H,1,3,7-8,11-13,15-17H2,(H,24,27)/t19-/m0/s1. The third-order valence-electron chi connectivity index (χ3n) is 6.07. The highest BCUT2D eigenvalue weighted by Crippen LogP contribution is 2.24. The second kappa shape index (κ2) is 9.34. The first kappa shape index (κ1) is 19.2.